The van der Waals surface area contributed by atoms with E-state index in [0.717, 1.165) is 5.56 Å². The van der Waals surface area contributed by atoms with Gasteiger partial charge >= 0.3 is 5.97 Å². The third-order valence-corrected chi connectivity index (χ3v) is 3.54. The number of ether oxygens (including phenoxy) is 2. The first kappa shape index (κ1) is 17.0. The van der Waals surface area contributed by atoms with Gasteiger partial charge in [-0.2, -0.15) is 0 Å². The van der Waals surface area contributed by atoms with Crippen LogP contribution in [0.5, 0.6) is 5.75 Å². The summed E-state index contributed by atoms with van der Waals surface area (Å²) in [6.45, 7) is 3.58. The van der Waals surface area contributed by atoms with E-state index in [4.69, 9.17) is 9.47 Å². The van der Waals surface area contributed by atoms with E-state index in [1.165, 1.54) is 0 Å². The molecule has 4 heteroatoms. The predicted octanol–water partition coefficient (Wildman–Crippen LogP) is 3.46. The molecule has 2 rings (SSSR count). The number of hydrogen-bond donors (Lipinski definition) is 1. The molecule has 0 saturated carbocycles. The van der Waals surface area contributed by atoms with Gasteiger partial charge < -0.3 is 14.6 Å². The smallest absolute Gasteiger partial charge is 0.316 e. The van der Waals surface area contributed by atoms with Gasteiger partial charge in [-0.3, -0.25) is 4.79 Å². The van der Waals surface area contributed by atoms with Crippen molar-refractivity contribution >= 4 is 5.97 Å². The number of aliphatic hydroxyl groups excluding tert-OH is 1. The molecule has 2 aromatic rings. The first-order valence-corrected chi connectivity index (χ1v) is 7.60. The Morgan fingerprint density at radius 1 is 0.957 bits per heavy atom. The molecule has 4 nitrogen and oxygen atoms in total. The van der Waals surface area contributed by atoms with Crippen molar-refractivity contribution in [1.29, 1.82) is 0 Å². The third-order valence-electron chi connectivity index (χ3n) is 3.54. The summed E-state index contributed by atoms with van der Waals surface area (Å²) >= 11 is 0. The van der Waals surface area contributed by atoms with Crippen LogP contribution in [-0.2, 0) is 9.53 Å². The molecule has 23 heavy (non-hydrogen) atoms. The van der Waals surface area contributed by atoms with E-state index in [2.05, 4.69) is 0 Å². The van der Waals surface area contributed by atoms with Crippen molar-refractivity contribution in [1.82, 2.24) is 0 Å². The molecule has 0 unspecified atom stereocenters. The molecule has 1 N–H and O–H groups in total. The van der Waals surface area contributed by atoms with Crippen LogP contribution < -0.4 is 4.74 Å². The van der Waals surface area contributed by atoms with E-state index >= 15 is 0 Å². The molecule has 0 aliphatic carbocycles. The Morgan fingerprint density at radius 3 is 2.09 bits per heavy atom. The molecule has 0 saturated heterocycles. The number of carbonyl (C=O) groups excluding carboxylic acids is 1. The Kier molecular flexibility index (Phi) is 5.77. The Labute approximate surface area is 136 Å². The van der Waals surface area contributed by atoms with Gasteiger partial charge in [-0.25, -0.2) is 0 Å². The van der Waals surface area contributed by atoms with Gasteiger partial charge in [0.05, 0.1) is 19.3 Å². The van der Waals surface area contributed by atoms with Gasteiger partial charge in [0.15, 0.2) is 0 Å². The molecule has 122 valence electrons. The lowest BCUT2D eigenvalue weighted by Gasteiger charge is -2.23. The topological polar surface area (TPSA) is 55.8 Å². The molecular weight excluding hydrogens is 292 g/mol. The second-order valence-corrected chi connectivity index (χ2v) is 5.59. The van der Waals surface area contributed by atoms with Crippen LogP contribution in [0.15, 0.2) is 54.6 Å². The zero-order chi connectivity index (χ0) is 16.8. The van der Waals surface area contributed by atoms with Crippen LogP contribution in [0.1, 0.15) is 37.0 Å². The van der Waals surface area contributed by atoms with Gasteiger partial charge in [0.2, 0.25) is 0 Å². The minimum atomic E-state index is -0.991. The molecule has 0 heterocycles. The first-order chi connectivity index (χ1) is 11.0. The van der Waals surface area contributed by atoms with Crippen LogP contribution in [0.25, 0.3) is 0 Å². The van der Waals surface area contributed by atoms with E-state index in [9.17, 15) is 9.90 Å². The number of rotatable bonds is 6. The largest absolute Gasteiger partial charge is 0.497 e. The maximum absolute atomic E-state index is 12.5. The Hall–Kier alpha value is -2.33. The summed E-state index contributed by atoms with van der Waals surface area (Å²) in [5.74, 6) is -0.511. The van der Waals surface area contributed by atoms with Gasteiger partial charge in [-0.15, -0.1) is 0 Å². The van der Waals surface area contributed by atoms with Crippen molar-refractivity contribution in [2.75, 3.05) is 7.11 Å². The SMILES string of the molecule is COc1ccc([C@@H](O)[C@@H](C(=O)OC(C)C)c2ccccc2)cc1. The highest BCUT2D eigenvalue weighted by atomic mass is 16.5. The highest BCUT2D eigenvalue weighted by Gasteiger charge is 2.31. The molecule has 0 fully saturated rings. The molecule has 2 atom stereocenters. The average molecular weight is 314 g/mol. The van der Waals surface area contributed by atoms with Crippen molar-refractivity contribution in [3.8, 4) is 5.75 Å². The minimum absolute atomic E-state index is 0.239. The van der Waals surface area contributed by atoms with E-state index in [-0.39, 0.29) is 6.10 Å². The fourth-order valence-electron chi connectivity index (χ4n) is 2.41. The number of carbonyl (C=O) groups is 1. The summed E-state index contributed by atoms with van der Waals surface area (Å²) in [4.78, 5) is 12.5. The fraction of sp³-hybridized carbons (Fsp3) is 0.316. The van der Waals surface area contributed by atoms with Crippen molar-refractivity contribution in [2.24, 2.45) is 0 Å². The number of esters is 1. The molecule has 0 bridgehead atoms. The Bertz CT molecular complexity index is 620. The van der Waals surface area contributed by atoms with Gasteiger partial charge in [-0.1, -0.05) is 42.5 Å². The van der Waals surface area contributed by atoms with E-state index in [1.807, 2.05) is 30.3 Å². The molecule has 2 aromatic carbocycles. The molecule has 0 spiro atoms. The average Bonchev–Trinajstić information content (AvgIpc) is 2.55. The van der Waals surface area contributed by atoms with Crippen LogP contribution in [0.3, 0.4) is 0 Å². The molecule has 0 aliphatic rings. The van der Waals surface area contributed by atoms with Crippen LogP contribution in [0, 0.1) is 0 Å². The standard InChI is InChI=1S/C19H22O4/c1-13(2)23-19(21)17(14-7-5-4-6-8-14)18(20)15-9-11-16(22-3)12-10-15/h4-13,17-18,20H,1-3H3/t17-,18+/m0/s1. The summed E-state index contributed by atoms with van der Waals surface area (Å²) in [6, 6.07) is 16.2. The normalized spacial score (nSPS) is 13.4. The number of methoxy groups -OCH3 is 1. The van der Waals surface area contributed by atoms with Gasteiger partial charge in [0.1, 0.15) is 11.7 Å². The second kappa shape index (κ2) is 7.79. The van der Waals surface area contributed by atoms with Crippen LogP contribution in [0.2, 0.25) is 0 Å². The molecule has 0 aromatic heterocycles. The van der Waals surface area contributed by atoms with Crippen LogP contribution in [0.4, 0.5) is 0 Å². The zero-order valence-corrected chi connectivity index (χ0v) is 13.6. The van der Waals surface area contributed by atoms with Crippen LogP contribution in [-0.4, -0.2) is 24.3 Å². The number of benzene rings is 2. The van der Waals surface area contributed by atoms with E-state index in [1.54, 1.807) is 45.2 Å². The maximum Gasteiger partial charge on any atom is 0.316 e. The number of aliphatic hydroxyl groups is 1. The first-order valence-electron chi connectivity index (χ1n) is 7.60. The highest BCUT2D eigenvalue weighted by Crippen LogP contribution is 2.33. The summed E-state index contributed by atoms with van der Waals surface area (Å²) in [6.07, 6.45) is -1.23. The summed E-state index contributed by atoms with van der Waals surface area (Å²) in [7, 11) is 1.58. The zero-order valence-electron chi connectivity index (χ0n) is 13.6. The highest BCUT2D eigenvalue weighted by molar-refractivity contribution is 5.79. The molecular formula is C19H22O4. The monoisotopic (exact) mass is 314 g/mol. The van der Waals surface area contributed by atoms with Crippen molar-refractivity contribution < 1.29 is 19.4 Å². The maximum atomic E-state index is 12.5. The predicted molar refractivity (Wildman–Crippen MR) is 88.4 cm³/mol. The van der Waals surface area contributed by atoms with Crippen molar-refractivity contribution in [3.05, 3.63) is 65.7 Å². The third kappa shape index (κ3) is 4.33. The van der Waals surface area contributed by atoms with Crippen molar-refractivity contribution in [2.45, 2.75) is 32.0 Å². The van der Waals surface area contributed by atoms with Gasteiger partial charge in [0, 0.05) is 0 Å². The molecule has 0 aliphatic heterocycles. The van der Waals surface area contributed by atoms with Gasteiger partial charge in [0.25, 0.3) is 0 Å². The molecule has 0 radical (unpaired) electrons. The minimum Gasteiger partial charge on any atom is -0.497 e. The van der Waals surface area contributed by atoms with E-state index in [0.29, 0.717) is 11.3 Å². The quantitative estimate of drug-likeness (QED) is 0.830. The number of hydrogen-bond acceptors (Lipinski definition) is 4. The second-order valence-electron chi connectivity index (χ2n) is 5.59. The summed E-state index contributed by atoms with van der Waals surface area (Å²) < 4.78 is 10.5. The lowest BCUT2D eigenvalue weighted by atomic mass is 9.89. The lowest BCUT2D eigenvalue weighted by molar-refractivity contribution is -0.152. The fourth-order valence-corrected chi connectivity index (χ4v) is 2.41. The van der Waals surface area contributed by atoms with Crippen LogP contribution >= 0.6 is 0 Å². The molecule has 0 amide bonds. The Balaban J connectivity index is 2.33. The lowest BCUT2D eigenvalue weighted by Crippen LogP contribution is -2.25. The van der Waals surface area contributed by atoms with Gasteiger partial charge in [-0.05, 0) is 37.1 Å². The van der Waals surface area contributed by atoms with E-state index < -0.39 is 18.0 Å². The summed E-state index contributed by atoms with van der Waals surface area (Å²) in [5, 5.41) is 10.7. The summed E-state index contributed by atoms with van der Waals surface area (Å²) in [5.41, 5.74) is 1.36. The van der Waals surface area contributed by atoms with Crippen molar-refractivity contribution in [3.63, 3.8) is 0 Å². The Morgan fingerprint density at radius 2 is 1.57 bits per heavy atom.